The molecule has 2 rings (SSSR count). The van der Waals surface area contributed by atoms with Crippen molar-refractivity contribution in [1.82, 2.24) is 0 Å². The van der Waals surface area contributed by atoms with Crippen LogP contribution in [0.5, 0.6) is 0 Å². The fraction of sp³-hybridized carbons (Fsp3) is 0.909. The second-order valence-electron chi connectivity index (χ2n) is 5.03. The van der Waals surface area contributed by atoms with Crippen molar-refractivity contribution in [2.45, 2.75) is 32.8 Å². The van der Waals surface area contributed by atoms with E-state index in [0.29, 0.717) is 12.0 Å². The predicted molar refractivity (Wildman–Crippen MR) is 55.6 cm³/mol. The first-order valence-corrected chi connectivity index (χ1v) is 5.32. The standard InChI is InChI=1S/C11H19NO2/c1-11(2)6-9-8(4-5-14-9)10(13-3)12-7-11/h8-9H,4-7H2,1-3H3/t8-,9-/m0/s1. The molecule has 1 saturated heterocycles. The van der Waals surface area contributed by atoms with E-state index in [9.17, 15) is 0 Å². The van der Waals surface area contributed by atoms with E-state index in [1.54, 1.807) is 7.11 Å². The van der Waals surface area contributed by atoms with E-state index in [-0.39, 0.29) is 5.41 Å². The zero-order valence-corrected chi connectivity index (χ0v) is 9.25. The number of fused-ring (bicyclic) bond motifs is 1. The molecule has 80 valence electrons. The minimum atomic E-state index is 0.244. The van der Waals surface area contributed by atoms with Gasteiger partial charge in [-0.05, 0) is 18.3 Å². The first-order valence-electron chi connectivity index (χ1n) is 5.32. The van der Waals surface area contributed by atoms with Gasteiger partial charge in [-0.1, -0.05) is 13.8 Å². The van der Waals surface area contributed by atoms with Crippen LogP contribution < -0.4 is 0 Å². The van der Waals surface area contributed by atoms with Crippen LogP contribution in [0.3, 0.4) is 0 Å². The second kappa shape index (κ2) is 3.54. The molecule has 0 aromatic heterocycles. The average Bonchev–Trinajstić information content (AvgIpc) is 2.49. The van der Waals surface area contributed by atoms with Gasteiger partial charge in [0.2, 0.25) is 0 Å². The SMILES string of the molecule is COC1=NCC(C)(C)C[C@@H]2OCC[C@H]12. The van der Waals surface area contributed by atoms with Crippen molar-refractivity contribution in [1.29, 1.82) is 0 Å². The molecule has 1 fully saturated rings. The van der Waals surface area contributed by atoms with Crippen molar-refractivity contribution >= 4 is 5.90 Å². The first kappa shape index (κ1) is 9.97. The topological polar surface area (TPSA) is 30.8 Å². The minimum absolute atomic E-state index is 0.244. The molecule has 2 heterocycles. The quantitative estimate of drug-likeness (QED) is 0.593. The van der Waals surface area contributed by atoms with Crippen molar-refractivity contribution in [3.05, 3.63) is 0 Å². The average molecular weight is 197 g/mol. The van der Waals surface area contributed by atoms with Crippen molar-refractivity contribution in [2.75, 3.05) is 20.3 Å². The van der Waals surface area contributed by atoms with Crippen LogP contribution in [0.25, 0.3) is 0 Å². The van der Waals surface area contributed by atoms with Gasteiger partial charge < -0.3 is 9.47 Å². The summed E-state index contributed by atoms with van der Waals surface area (Å²) in [6.45, 7) is 6.20. The number of aliphatic imine (C=N–C) groups is 1. The highest BCUT2D eigenvalue weighted by Crippen LogP contribution is 2.36. The molecule has 2 aliphatic heterocycles. The van der Waals surface area contributed by atoms with Gasteiger partial charge in [0, 0.05) is 13.2 Å². The predicted octanol–water partition coefficient (Wildman–Crippen LogP) is 1.87. The third-order valence-electron chi connectivity index (χ3n) is 3.15. The van der Waals surface area contributed by atoms with Gasteiger partial charge in [0.15, 0.2) is 5.90 Å². The summed E-state index contributed by atoms with van der Waals surface area (Å²) >= 11 is 0. The van der Waals surface area contributed by atoms with Crippen LogP contribution in [0.2, 0.25) is 0 Å². The van der Waals surface area contributed by atoms with Crippen molar-refractivity contribution in [3.63, 3.8) is 0 Å². The van der Waals surface area contributed by atoms with Gasteiger partial charge >= 0.3 is 0 Å². The summed E-state index contributed by atoms with van der Waals surface area (Å²) in [6.07, 6.45) is 2.48. The van der Waals surface area contributed by atoms with Crippen LogP contribution >= 0.6 is 0 Å². The Morgan fingerprint density at radius 2 is 2.29 bits per heavy atom. The molecule has 0 unspecified atom stereocenters. The Balaban J connectivity index is 2.21. The first-order chi connectivity index (χ1) is 6.62. The smallest absolute Gasteiger partial charge is 0.188 e. The Morgan fingerprint density at radius 3 is 3.00 bits per heavy atom. The van der Waals surface area contributed by atoms with E-state index >= 15 is 0 Å². The minimum Gasteiger partial charge on any atom is -0.484 e. The Labute approximate surface area is 85.5 Å². The summed E-state index contributed by atoms with van der Waals surface area (Å²) in [5.41, 5.74) is 0.244. The van der Waals surface area contributed by atoms with Gasteiger partial charge in [-0.15, -0.1) is 0 Å². The van der Waals surface area contributed by atoms with Gasteiger partial charge in [0.25, 0.3) is 0 Å². The monoisotopic (exact) mass is 197 g/mol. The molecular formula is C11H19NO2. The van der Waals surface area contributed by atoms with Gasteiger partial charge in [0.05, 0.1) is 19.1 Å². The summed E-state index contributed by atoms with van der Waals surface area (Å²) in [4.78, 5) is 4.55. The van der Waals surface area contributed by atoms with Gasteiger partial charge in [-0.3, -0.25) is 4.99 Å². The lowest BCUT2D eigenvalue weighted by molar-refractivity contribution is 0.0656. The molecule has 0 aromatic carbocycles. The van der Waals surface area contributed by atoms with E-state index in [1.165, 1.54) is 0 Å². The second-order valence-corrected chi connectivity index (χ2v) is 5.03. The lowest BCUT2D eigenvalue weighted by Gasteiger charge is -2.24. The van der Waals surface area contributed by atoms with Crippen LogP contribution in [0, 0.1) is 11.3 Å². The van der Waals surface area contributed by atoms with Gasteiger partial charge in [-0.2, -0.15) is 0 Å². The number of hydrogen-bond acceptors (Lipinski definition) is 3. The fourth-order valence-electron chi connectivity index (χ4n) is 2.37. The number of ether oxygens (including phenoxy) is 2. The molecule has 0 aromatic rings. The molecule has 0 N–H and O–H groups in total. The van der Waals surface area contributed by atoms with Crippen LogP contribution in [0.4, 0.5) is 0 Å². The van der Waals surface area contributed by atoms with Crippen LogP contribution in [-0.4, -0.2) is 32.3 Å². The lowest BCUT2D eigenvalue weighted by atomic mass is 9.84. The largest absolute Gasteiger partial charge is 0.484 e. The highest BCUT2D eigenvalue weighted by molar-refractivity contribution is 5.79. The maximum absolute atomic E-state index is 5.74. The number of rotatable bonds is 0. The summed E-state index contributed by atoms with van der Waals surface area (Å²) in [6, 6.07) is 0. The third kappa shape index (κ3) is 1.78. The summed E-state index contributed by atoms with van der Waals surface area (Å²) in [7, 11) is 1.71. The Kier molecular flexibility index (Phi) is 2.52. The number of nitrogens with zero attached hydrogens (tertiary/aromatic N) is 1. The number of hydrogen-bond donors (Lipinski definition) is 0. The van der Waals surface area contributed by atoms with Crippen molar-refractivity contribution < 1.29 is 9.47 Å². The molecular weight excluding hydrogens is 178 g/mol. The van der Waals surface area contributed by atoms with E-state index in [4.69, 9.17) is 9.47 Å². The molecule has 3 heteroatoms. The molecule has 0 amide bonds. The van der Waals surface area contributed by atoms with E-state index in [1.807, 2.05) is 0 Å². The van der Waals surface area contributed by atoms with Crippen LogP contribution in [0.15, 0.2) is 4.99 Å². The maximum Gasteiger partial charge on any atom is 0.188 e. The zero-order chi connectivity index (χ0) is 10.2. The molecule has 3 nitrogen and oxygen atoms in total. The molecule has 0 spiro atoms. The summed E-state index contributed by atoms with van der Waals surface area (Å²) in [5.74, 6) is 1.31. The normalized spacial score (nSPS) is 35.8. The Morgan fingerprint density at radius 1 is 1.50 bits per heavy atom. The highest BCUT2D eigenvalue weighted by Gasteiger charge is 2.39. The van der Waals surface area contributed by atoms with E-state index in [0.717, 1.165) is 31.9 Å². The van der Waals surface area contributed by atoms with E-state index < -0.39 is 0 Å². The van der Waals surface area contributed by atoms with Crippen molar-refractivity contribution in [2.24, 2.45) is 16.3 Å². The third-order valence-corrected chi connectivity index (χ3v) is 3.15. The molecule has 0 bridgehead atoms. The Bertz CT molecular complexity index is 248. The molecule has 0 radical (unpaired) electrons. The highest BCUT2D eigenvalue weighted by atomic mass is 16.5. The molecule has 14 heavy (non-hydrogen) atoms. The van der Waals surface area contributed by atoms with Crippen LogP contribution in [0.1, 0.15) is 26.7 Å². The van der Waals surface area contributed by atoms with E-state index in [2.05, 4.69) is 18.8 Å². The zero-order valence-electron chi connectivity index (χ0n) is 9.25. The molecule has 2 atom stereocenters. The maximum atomic E-state index is 5.74. The Hall–Kier alpha value is -0.570. The fourth-order valence-corrected chi connectivity index (χ4v) is 2.37. The lowest BCUT2D eigenvalue weighted by Crippen LogP contribution is -2.27. The van der Waals surface area contributed by atoms with Crippen molar-refractivity contribution in [3.8, 4) is 0 Å². The van der Waals surface area contributed by atoms with Gasteiger partial charge in [0.1, 0.15) is 0 Å². The molecule has 0 saturated carbocycles. The molecule has 2 aliphatic rings. The summed E-state index contributed by atoms with van der Waals surface area (Å²) in [5, 5.41) is 0. The number of methoxy groups -OCH3 is 1. The van der Waals surface area contributed by atoms with Crippen LogP contribution in [-0.2, 0) is 9.47 Å². The summed E-state index contributed by atoms with van der Waals surface area (Å²) < 4.78 is 11.1. The molecule has 0 aliphatic carbocycles. The van der Waals surface area contributed by atoms with Gasteiger partial charge in [-0.25, -0.2) is 0 Å².